The molecule has 1 saturated carbocycles. The number of nitrogens with zero attached hydrogens (tertiary/aromatic N) is 2. The van der Waals surface area contributed by atoms with Crippen LogP contribution in [-0.4, -0.2) is 15.5 Å². The Morgan fingerprint density at radius 3 is 2.95 bits per heavy atom. The van der Waals surface area contributed by atoms with Gasteiger partial charge in [-0.25, -0.2) is 0 Å². The first-order valence-corrected chi connectivity index (χ1v) is 7.53. The Bertz CT molecular complexity index is 619. The molecule has 0 spiro atoms. The van der Waals surface area contributed by atoms with Gasteiger partial charge in [0.2, 0.25) is 0 Å². The Morgan fingerprint density at radius 1 is 1.50 bits per heavy atom. The molecule has 0 saturated heterocycles. The molecule has 1 amide bonds. The van der Waals surface area contributed by atoms with E-state index in [0.717, 1.165) is 23.0 Å². The molecule has 0 bridgehead atoms. The van der Waals surface area contributed by atoms with E-state index in [0.29, 0.717) is 11.7 Å². The van der Waals surface area contributed by atoms with Crippen LogP contribution in [0.1, 0.15) is 48.0 Å². The molecule has 1 fully saturated rings. The minimum atomic E-state index is -0.106. The van der Waals surface area contributed by atoms with Gasteiger partial charge in [-0.05, 0) is 53.9 Å². The van der Waals surface area contributed by atoms with Gasteiger partial charge in [0.05, 0.1) is 11.7 Å². The number of hydrogen-bond donors (Lipinski definition) is 1. The average Bonchev–Trinajstić information content (AvgIpc) is 3.22. The van der Waals surface area contributed by atoms with Gasteiger partial charge in [-0.3, -0.25) is 9.78 Å². The number of aromatic nitrogens is 2. The lowest BCUT2D eigenvalue weighted by Gasteiger charge is -2.14. The monoisotopic (exact) mass is 333 g/mol. The first-order valence-electron chi connectivity index (χ1n) is 6.74. The number of amides is 1. The SMILES string of the molecule is CC(NC(=O)c1cc(Br)cn1C1CC1)c1ccccn1. The zero-order valence-electron chi connectivity index (χ0n) is 11.2. The summed E-state index contributed by atoms with van der Waals surface area (Å²) in [5.74, 6) is -0.0549. The maximum Gasteiger partial charge on any atom is 0.268 e. The van der Waals surface area contributed by atoms with Crippen LogP contribution in [0, 0.1) is 0 Å². The Kier molecular flexibility index (Phi) is 3.61. The van der Waals surface area contributed by atoms with Gasteiger partial charge in [0.15, 0.2) is 0 Å². The molecule has 0 aromatic carbocycles. The van der Waals surface area contributed by atoms with Crippen molar-refractivity contribution in [3.8, 4) is 0 Å². The van der Waals surface area contributed by atoms with Crippen molar-refractivity contribution in [3.05, 3.63) is 52.5 Å². The predicted molar refractivity (Wildman–Crippen MR) is 80.5 cm³/mol. The fourth-order valence-electron chi connectivity index (χ4n) is 2.26. The van der Waals surface area contributed by atoms with E-state index < -0.39 is 0 Å². The van der Waals surface area contributed by atoms with Crippen LogP contribution in [0.15, 0.2) is 41.1 Å². The summed E-state index contributed by atoms with van der Waals surface area (Å²) in [6, 6.07) is 7.96. The van der Waals surface area contributed by atoms with E-state index in [-0.39, 0.29) is 11.9 Å². The molecule has 2 aromatic rings. The normalized spacial score (nSPS) is 15.9. The van der Waals surface area contributed by atoms with Crippen LogP contribution in [-0.2, 0) is 0 Å². The highest BCUT2D eigenvalue weighted by molar-refractivity contribution is 9.10. The molecule has 1 N–H and O–H groups in total. The van der Waals surface area contributed by atoms with E-state index in [9.17, 15) is 4.79 Å². The Morgan fingerprint density at radius 2 is 2.30 bits per heavy atom. The van der Waals surface area contributed by atoms with Gasteiger partial charge in [0.1, 0.15) is 5.69 Å². The molecule has 2 heterocycles. The molecule has 20 heavy (non-hydrogen) atoms. The van der Waals surface area contributed by atoms with Crippen LogP contribution >= 0.6 is 15.9 Å². The van der Waals surface area contributed by atoms with E-state index in [1.54, 1.807) is 6.20 Å². The van der Waals surface area contributed by atoms with Gasteiger partial charge in [-0.1, -0.05) is 6.07 Å². The van der Waals surface area contributed by atoms with E-state index >= 15 is 0 Å². The smallest absolute Gasteiger partial charge is 0.268 e. The molecule has 104 valence electrons. The average molecular weight is 334 g/mol. The molecule has 2 aromatic heterocycles. The second-order valence-electron chi connectivity index (χ2n) is 5.13. The van der Waals surface area contributed by atoms with E-state index in [2.05, 4.69) is 30.8 Å². The van der Waals surface area contributed by atoms with Crippen molar-refractivity contribution in [2.75, 3.05) is 0 Å². The highest BCUT2D eigenvalue weighted by atomic mass is 79.9. The summed E-state index contributed by atoms with van der Waals surface area (Å²) in [6.45, 7) is 1.94. The topological polar surface area (TPSA) is 46.9 Å². The van der Waals surface area contributed by atoms with Crippen LogP contribution in [0.25, 0.3) is 0 Å². The van der Waals surface area contributed by atoms with Crippen LogP contribution < -0.4 is 5.32 Å². The van der Waals surface area contributed by atoms with Gasteiger partial charge in [0.25, 0.3) is 5.91 Å². The van der Waals surface area contributed by atoms with Crippen molar-refractivity contribution < 1.29 is 4.79 Å². The van der Waals surface area contributed by atoms with Crippen LogP contribution in [0.5, 0.6) is 0 Å². The van der Waals surface area contributed by atoms with Crippen LogP contribution in [0.4, 0.5) is 0 Å². The van der Waals surface area contributed by atoms with Crippen molar-refractivity contribution in [2.24, 2.45) is 0 Å². The van der Waals surface area contributed by atoms with Gasteiger partial charge in [-0.15, -0.1) is 0 Å². The number of carbonyl (C=O) groups is 1. The standard InChI is InChI=1S/C15H16BrN3O/c1-10(13-4-2-3-7-17-13)18-15(20)14-8-11(16)9-19(14)12-5-6-12/h2-4,7-10,12H,5-6H2,1H3,(H,18,20). The maximum absolute atomic E-state index is 12.4. The molecule has 0 aliphatic heterocycles. The molecular formula is C15H16BrN3O. The molecule has 0 radical (unpaired) electrons. The Balaban J connectivity index is 1.76. The summed E-state index contributed by atoms with van der Waals surface area (Å²) in [5, 5.41) is 3.01. The van der Waals surface area contributed by atoms with Crippen molar-refractivity contribution in [1.82, 2.24) is 14.9 Å². The van der Waals surface area contributed by atoms with E-state index in [4.69, 9.17) is 0 Å². The Labute approximate surface area is 126 Å². The summed E-state index contributed by atoms with van der Waals surface area (Å²) in [6.07, 6.45) is 6.02. The fraction of sp³-hybridized carbons (Fsp3) is 0.333. The van der Waals surface area contributed by atoms with Gasteiger partial charge in [0, 0.05) is 22.9 Å². The summed E-state index contributed by atoms with van der Waals surface area (Å²) < 4.78 is 3.00. The number of carbonyl (C=O) groups excluding carboxylic acids is 1. The van der Waals surface area contributed by atoms with Crippen LogP contribution in [0.3, 0.4) is 0 Å². The zero-order valence-corrected chi connectivity index (χ0v) is 12.8. The summed E-state index contributed by atoms with van der Waals surface area (Å²) >= 11 is 3.45. The van der Waals surface area contributed by atoms with Crippen molar-refractivity contribution in [2.45, 2.75) is 31.8 Å². The quantitative estimate of drug-likeness (QED) is 0.931. The first-order chi connectivity index (χ1) is 9.65. The first kappa shape index (κ1) is 13.4. The second kappa shape index (κ2) is 5.40. The largest absolute Gasteiger partial charge is 0.343 e. The lowest BCUT2D eigenvalue weighted by atomic mass is 10.2. The molecule has 1 atom stereocenters. The number of pyridine rings is 1. The summed E-state index contributed by atoms with van der Waals surface area (Å²) in [4.78, 5) is 16.7. The summed E-state index contributed by atoms with van der Waals surface area (Å²) in [5.41, 5.74) is 1.58. The van der Waals surface area contributed by atoms with Gasteiger partial charge >= 0.3 is 0 Å². The summed E-state index contributed by atoms with van der Waals surface area (Å²) in [7, 11) is 0. The lowest BCUT2D eigenvalue weighted by Crippen LogP contribution is -2.28. The van der Waals surface area contributed by atoms with Crippen LogP contribution in [0.2, 0.25) is 0 Å². The van der Waals surface area contributed by atoms with E-state index in [1.807, 2.05) is 37.4 Å². The van der Waals surface area contributed by atoms with Gasteiger partial charge in [-0.2, -0.15) is 0 Å². The molecule has 4 nitrogen and oxygen atoms in total. The highest BCUT2D eigenvalue weighted by Crippen LogP contribution is 2.37. The van der Waals surface area contributed by atoms with Gasteiger partial charge < -0.3 is 9.88 Å². The zero-order chi connectivity index (χ0) is 14.1. The fourth-order valence-corrected chi connectivity index (χ4v) is 2.70. The lowest BCUT2D eigenvalue weighted by molar-refractivity contribution is 0.0929. The molecule has 5 heteroatoms. The molecule has 1 aliphatic carbocycles. The Hall–Kier alpha value is -1.62. The van der Waals surface area contributed by atoms with Crippen molar-refractivity contribution >= 4 is 21.8 Å². The molecule has 3 rings (SSSR count). The number of halogens is 1. The number of nitrogens with one attached hydrogen (secondary N) is 1. The minimum Gasteiger partial charge on any atom is -0.343 e. The van der Waals surface area contributed by atoms with Crippen molar-refractivity contribution in [1.29, 1.82) is 0 Å². The molecule has 1 aliphatic rings. The number of hydrogen-bond acceptors (Lipinski definition) is 2. The molecular weight excluding hydrogens is 318 g/mol. The second-order valence-corrected chi connectivity index (χ2v) is 6.05. The predicted octanol–water partition coefficient (Wildman–Crippen LogP) is 3.47. The minimum absolute atomic E-state index is 0.0549. The highest BCUT2D eigenvalue weighted by Gasteiger charge is 2.28. The van der Waals surface area contributed by atoms with Crippen molar-refractivity contribution in [3.63, 3.8) is 0 Å². The third-order valence-corrected chi connectivity index (χ3v) is 3.90. The number of rotatable bonds is 4. The third-order valence-electron chi connectivity index (χ3n) is 3.47. The maximum atomic E-state index is 12.4. The van der Waals surface area contributed by atoms with E-state index in [1.165, 1.54) is 0 Å². The molecule has 1 unspecified atom stereocenters. The third kappa shape index (κ3) is 2.77.